The summed E-state index contributed by atoms with van der Waals surface area (Å²) in [5.74, 6) is -0.504. The average Bonchev–Trinajstić information content (AvgIpc) is 2.57. The summed E-state index contributed by atoms with van der Waals surface area (Å²) >= 11 is 0. The van der Waals surface area contributed by atoms with E-state index in [0.717, 1.165) is 10.9 Å². The number of rotatable bonds is 2. The third-order valence-electron chi connectivity index (χ3n) is 3.06. The highest BCUT2D eigenvalue weighted by molar-refractivity contribution is 4.94. The molecule has 1 fully saturated rings. The van der Waals surface area contributed by atoms with E-state index in [4.69, 9.17) is 5.11 Å². The van der Waals surface area contributed by atoms with Gasteiger partial charge in [-0.2, -0.15) is 5.10 Å². The Morgan fingerprint density at radius 1 is 1.41 bits per heavy atom. The molecule has 1 aromatic rings. The zero-order valence-electron chi connectivity index (χ0n) is 8.85. The summed E-state index contributed by atoms with van der Waals surface area (Å²) in [6.45, 7) is -0.285. The number of aromatic amines is 1. The summed E-state index contributed by atoms with van der Waals surface area (Å²) in [5, 5.41) is 32.0. The van der Waals surface area contributed by atoms with Gasteiger partial charge >= 0.3 is 5.69 Å². The molecule has 0 saturated heterocycles. The van der Waals surface area contributed by atoms with Crippen LogP contribution in [0.1, 0.15) is 12.5 Å². The fourth-order valence-electron chi connectivity index (χ4n) is 2.12. The normalized spacial score (nSPS) is 32.9. The maximum atomic E-state index is 11.5. The zero-order valence-corrected chi connectivity index (χ0v) is 8.85. The molecule has 8 heteroatoms. The third kappa shape index (κ3) is 2.02. The summed E-state index contributed by atoms with van der Waals surface area (Å²) in [4.78, 5) is 24.3. The second-order valence-corrected chi connectivity index (χ2v) is 4.11. The predicted octanol–water partition coefficient (Wildman–Crippen LogP) is -2.79. The van der Waals surface area contributed by atoms with E-state index in [1.807, 2.05) is 4.98 Å². The third-order valence-corrected chi connectivity index (χ3v) is 3.06. The molecule has 0 amide bonds. The van der Waals surface area contributed by atoms with Gasteiger partial charge in [-0.05, 0) is 6.42 Å². The molecular weight excluding hydrogens is 230 g/mol. The molecule has 4 N–H and O–H groups in total. The Morgan fingerprint density at radius 2 is 2.12 bits per heavy atom. The van der Waals surface area contributed by atoms with E-state index in [9.17, 15) is 19.8 Å². The summed E-state index contributed by atoms with van der Waals surface area (Å²) in [6.07, 6.45) is -1.15. The highest BCUT2D eigenvalue weighted by atomic mass is 16.3. The molecule has 2 rings (SSSR count). The maximum absolute atomic E-state index is 11.5. The van der Waals surface area contributed by atoms with Crippen LogP contribution in [0.25, 0.3) is 0 Å². The van der Waals surface area contributed by atoms with Crippen LogP contribution in [0.5, 0.6) is 0 Å². The van der Waals surface area contributed by atoms with Crippen molar-refractivity contribution in [3.63, 3.8) is 0 Å². The second-order valence-electron chi connectivity index (χ2n) is 4.11. The Kier molecular flexibility index (Phi) is 3.09. The molecule has 17 heavy (non-hydrogen) atoms. The standard InChI is InChI=1S/C9H13N3O5/c13-3-4-1-5(8(16)7(4)15)12-9(17)11-6(14)2-10-12/h2,4-5,7-8,13,15-16H,1,3H2,(H,11,14,17)/t4-,5-,7?,8?/m1/s1. The van der Waals surface area contributed by atoms with Crippen molar-refractivity contribution in [2.24, 2.45) is 5.92 Å². The second kappa shape index (κ2) is 4.40. The quantitative estimate of drug-likeness (QED) is 0.444. The number of aliphatic hydroxyl groups is 3. The van der Waals surface area contributed by atoms with Crippen molar-refractivity contribution in [1.29, 1.82) is 0 Å². The molecule has 4 atom stereocenters. The molecular formula is C9H13N3O5. The van der Waals surface area contributed by atoms with Crippen molar-refractivity contribution >= 4 is 0 Å². The van der Waals surface area contributed by atoms with Crippen molar-refractivity contribution in [2.75, 3.05) is 6.61 Å². The van der Waals surface area contributed by atoms with E-state index in [2.05, 4.69) is 5.10 Å². The highest BCUT2D eigenvalue weighted by Gasteiger charge is 2.43. The van der Waals surface area contributed by atoms with Gasteiger partial charge in [-0.3, -0.25) is 9.78 Å². The first kappa shape index (κ1) is 12.0. The van der Waals surface area contributed by atoms with Gasteiger partial charge in [0.05, 0.1) is 12.1 Å². The van der Waals surface area contributed by atoms with Crippen LogP contribution in [0.15, 0.2) is 15.8 Å². The number of aromatic nitrogens is 3. The molecule has 94 valence electrons. The molecule has 0 bridgehead atoms. The molecule has 0 radical (unpaired) electrons. The van der Waals surface area contributed by atoms with Gasteiger partial charge in [-0.1, -0.05) is 0 Å². The van der Waals surface area contributed by atoms with E-state index in [1.165, 1.54) is 0 Å². The summed E-state index contributed by atoms with van der Waals surface area (Å²) in [7, 11) is 0. The highest BCUT2D eigenvalue weighted by Crippen LogP contribution is 2.33. The van der Waals surface area contributed by atoms with E-state index in [-0.39, 0.29) is 13.0 Å². The first-order valence-corrected chi connectivity index (χ1v) is 5.19. The first-order valence-electron chi connectivity index (χ1n) is 5.19. The Morgan fingerprint density at radius 3 is 2.65 bits per heavy atom. The first-order chi connectivity index (χ1) is 8.04. The van der Waals surface area contributed by atoms with Crippen LogP contribution in [0.4, 0.5) is 0 Å². The SMILES string of the molecule is O=c1cnn([C@@H]2C[C@H](CO)C(O)C2O)c(=O)[nH]1. The van der Waals surface area contributed by atoms with Crippen molar-refractivity contribution < 1.29 is 15.3 Å². The minimum absolute atomic E-state index is 0.220. The number of nitrogens with one attached hydrogen (secondary N) is 1. The van der Waals surface area contributed by atoms with Crippen LogP contribution in [0, 0.1) is 5.92 Å². The molecule has 0 spiro atoms. The maximum Gasteiger partial charge on any atom is 0.345 e. The van der Waals surface area contributed by atoms with Gasteiger partial charge in [-0.15, -0.1) is 0 Å². The van der Waals surface area contributed by atoms with Gasteiger partial charge in [0.2, 0.25) is 0 Å². The van der Waals surface area contributed by atoms with Crippen LogP contribution in [0.2, 0.25) is 0 Å². The zero-order chi connectivity index (χ0) is 12.6. The van der Waals surface area contributed by atoms with Crippen LogP contribution in [-0.2, 0) is 0 Å². The number of aliphatic hydroxyl groups excluding tert-OH is 3. The van der Waals surface area contributed by atoms with E-state index >= 15 is 0 Å². The van der Waals surface area contributed by atoms with Crippen molar-refractivity contribution in [1.82, 2.24) is 14.8 Å². The Balaban J connectivity index is 2.35. The van der Waals surface area contributed by atoms with Gasteiger partial charge in [0.1, 0.15) is 12.3 Å². The molecule has 2 unspecified atom stereocenters. The molecule has 1 aromatic heterocycles. The minimum Gasteiger partial charge on any atom is -0.396 e. The molecule has 1 heterocycles. The molecule has 1 aliphatic carbocycles. The minimum atomic E-state index is -1.19. The van der Waals surface area contributed by atoms with Crippen LogP contribution < -0.4 is 11.2 Å². The number of nitrogens with zero attached hydrogens (tertiary/aromatic N) is 2. The van der Waals surface area contributed by atoms with Gasteiger partial charge in [0.15, 0.2) is 0 Å². The van der Waals surface area contributed by atoms with Gasteiger partial charge in [0, 0.05) is 12.5 Å². The average molecular weight is 243 g/mol. The van der Waals surface area contributed by atoms with Crippen molar-refractivity contribution in [3.8, 4) is 0 Å². The van der Waals surface area contributed by atoms with E-state index in [1.54, 1.807) is 0 Å². The summed E-state index contributed by atoms with van der Waals surface area (Å²) in [6, 6.07) is -0.744. The molecule has 0 aromatic carbocycles. The van der Waals surface area contributed by atoms with Crippen LogP contribution in [-0.4, -0.2) is 48.9 Å². The van der Waals surface area contributed by atoms with Gasteiger partial charge in [-0.25, -0.2) is 9.48 Å². The van der Waals surface area contributed by atoms with Crippen molar-refractivity contribution in [2.45, 2.75) is 24.7 Å². The summed E-state index contributed by atoms with van der Waals surface area (Å²) < 4.78 is 0.922. The monoisotopic (exact) mass is 243 g/mol. The van der Waals surface area contributed by atoms with Crippen molar-refractivity contribution in [3.05, 3.63) is 27.0 Å². The largest absolute Gasteiger partial charge is 0.396 e. The predicted molar refractivity (Wildman–Crippen MR) is 55.4 cm³/mol. The molecule has 1 saturated carbocycles. The smallest absolute Gasteiger partial charge is 0.345 e. The fourth-order valence-corrected chi connectivity index (χ4v) is 2.12. The lowest BCUT2D eigenvalue weighted by molar-refractivity contribution is -0.00611. The Hall–Kier alpha value is -1.51. The van der Waals surface area contributed by atoms with E-state index in [0.29, 0.717) is 0 Å². The number of hydrogen-bond acceptors (Lipinski definition) is 6. The van der Waals surface area contributed by atoms with E-state index < -0.39 is 35.4 Å². The Labute approximate surface area is 95.2 Å². The molecule has 1 aliphatic rings. The van der Waals surface area contributed by atoms with Crippen LogP contribution in [0.3, 0.4) is 0 Å². The van der Waals surface area contributed by atoms with Gasteiger partial charge in [0.25, 0.3) is 5.56 Å². The fraction of sp³-hybridized carbons (Fsp3) is 0.667. The Bertz CT molecular complexity index is 510. The number of H-pyrrole nitrogens is 1. The lowest BCUT2D eigenvalue weighted by atomic mass is 10.1. The number of hydrogen-bond donors (Lipinski definition) is 4. The summed E-state index contributed by atoms with van der Waals surface area (Å²) in [5.41, 5.74) is -1.37. The van der Waals surface area contributed by atoms with Gasteiger partial charge < -0.3 is 15.3 Å². The lowest BCUT2D eigenvalue weighted by Crippen LogP contribution is -2.38. The molecule has 8 nitrogen and oxygen atoms in total. The molecule has 0 aliphatic heterocycles. The topological polar surface area (TPSA) is 128 Å². The lowest BCUT2D eigenvalue weighted by Gasteiger charge is -2.16. The van der Waals surface area contributed by atoms with Crippen LogP contribution >= 0.6 is 0 Å².